The van der Waals surface area contributed by atoms with E-state index in [1.807, 2.05) is 32.0 Å². The van der Waals surface area contributed by atoms with Crippen LogP contribution in [-0.2, 0) is 14.3 Å². The highest BCUT2D eigenvalue weighted by molar-refractivity contribution is 7.12. The average Bonchev–Trinajstić information content (AvgIpc) is 3.69. The van der Waals surface area contributed by atoms with Gasteiger partial charge in [-0.2, -0.15) is 0 Å². The van der Waals surface area contributed by atoms with Crippen LogP contribution in [0.4, 0.5) is 5.69 Å². The summed E-state index contributed by atoms with van der Waals surface area (Å²) in [5, 5.41) is 7.50. The third-order valence-electron chi connectivity index (χ3n) is 6.94. The molecule has 212 valence electrons. The van der Waals surface area contributed by atoms with Crippen molar-refractivity contribution in [3.8, 4) is 11.5 Å². The minimum absolute atomic E-state index is 0.0779. The number of ether oxygens (including phenoxy) is 3. The van der Waals surface area contributed by atoms with Crippen LogP contribution in [0.2, 0.25) is 0 Å². The minimum Gasteiger partial charge on any atom is -0.493 e. The van der Waals surface area contributed by atoms with E-state index in [0.29, 0.717) is 40.8 Å². The predicted molar refractivity (Wildman–Crippen MR) is 154 cm³/mol. The quantitative estimate of drug-likeness (QED) is 0.361. The van der Waals surface area contributed by atoms with Gasteiger partial charge in [-0.1, -0.05) is 18.2 Å². The molecule has 2 N–H and O–H groups in total. The summed E-state index contributed by atoms with van der Waals surface area (Å²) in [6.45, 7) is 4.62. The Morgan fingerprint density at radius 2 is 1.82 bits per heavy atom. The lowest BCUT2D eigenvalue weighted by Gasteiger charge is -2.32. The van der Waals surface area contributed by atoms with Crippen LogP contribution in [0.1, 0.15) is 45.2 Å². The molecular weight excluding hydrogens is 530 g/mol. The van der Waals surface area contributed by atoms with Gasteiger partial charge in [-0.15, -0.1) is 11.3 Å². The standard InChI is InChI=1S/C30H35N3O6S/c1-19-9-11-22(15-20(19)2)33(27(34)18-32-29(35)26-8-6-14-40-26)28(30(36)31-17-23-7-5-13-39-23)21-10-12-24(37-3)25(16-21)38-4/h6,8-12,14-16,23,28H,5,7,13,17-18H2,1-4H3,(H,31,36)(H,32,35)/t23-,28+/m0/s1. The first-order valence-electron chi connectivity index (χ1n) is 13.1. The average molecular weight is 566 g/mol. The molecule has 2 heterocycles. The largest absolute Gasteiger partial charge is 0.493 e. The van der Waals surface area contributed by atoms with Crippen LogP contribution in [0, 0.1) is 13.8 Å². The summed E-state index contributed by atoms with van der Waals surface area (Å²) in [5.41, 5.74) is 3.07. The Hall–Kier alpha value is -3.89. The van der Waals surface area contributed by atoms with E-state index in [1.165, 1.54) is 30.5 Å². The highest BCUT2D eigenvalue weighted by atomic mass is 32.1. The van der Waals surface area contributed by atoms with Crippen LogP contribution in [0.25, 0.3) is 0 Å². The molecule has 0 saturated carbocycles. The van der Waals surface area contributed by atoms with Gasteiger partial charge >= 0.3 is 0 Å². The molecule has 1 aliphatic rings. The SMILES string of the molecule is COc1ccc([C@H](C(=O)NC[C@@H]2CCCO2)N(C(=O)CNC(=O)c2cccs2)c2ccc(C)c(C)c2)cc1OC. The molecule has 0 spiro atoms. The summed E-state index contributed by atoms with van der Waals surface area (Å²) in [6.07, 6.45) is 1.72. The fourth-order valence-electron chi connectivity index (χ4n) is 4.61. The molecule has 0 bridgehead atoms. The van der Waals surface area contributed by atoms with E-state index in [1.54, 1.807) is 35.7 Å². The second kappa shape index (κ2) is 13.5. The maximum atomic E-state index is 13.9. The van der Waals surface area contributed by atoms with E-state index >= 15 is 0 Å². The van der Waals surface area contributed by atoms with Crippen LogP contribution in [0.15, 0.2) is 53.9 Å². The Balaban J connectivity index is 1.73. The first-order chi connectivity index (χ1) is 19.3. The summed E-state index contributed by atoms with van der Waals surface area (Å²) in [7, 11) is 3.05. The summed E-state index contributed by atoms with van der Waals surface area (Å²) in [4.78, 5) is 42.4. The van der Waals surface area contributed by atoms with Crippen LogP contribution >= 0.6 is 11.3 Å². The molecule has 3 amide bonds. The topological polar surface area (TPSA) is 106 Å². The van der Waals surface area contributed by atoms with Crippen LogP contribution in [-0.4, -0.2) is 57.7 Å². The summed E-state index contributed by atoms with van der Waals surface area (Å²) < 4.78 is 16.6. The van der Waals surface area contributed by atoms with E-state index in [2.05, 4.69) is 10.6 Å². The molecule has 0 aliphatic carbocycles. The molecule has 4 rings (SSSR count). The fraction of sp³-hybridized carbons (Fsp3) is 0.367. The zero-order valence-electron chi connectivity index (χ0n) is 23.2. The summed E-state index contributed by atoms with van der Waals surface area (Å²) >= 11 is 1.29. The molecule has 0 radical (unpaired) electrons. The third-order valence-corrected chi connectivity index (χ3v) is 7.81. The molecule has 1 aromatic heterocycles. The normalized spacial score (nSPS) is 15.2. The van der Waals surface area contributed by atoms with Gasteiger partial charge in [0, 0.05) is 18.8 Å². The Morgan fingerprint density at radius 1 is 1.02 bits per heavy atom. The van der Waals surface area contributed by atoms with E-state index < -0.39 is 11.9 Å². The van der Waals surface area contributed by atoms with Crippen molar-refractivity contribution in [1.29, 1.82) is 0 Å². The van der Waals surface area contributed by atoms with Crippen molar-refractivity contribution in [2.75, 3.05) is 38.8 Å². The van der Waals surface area contributed by atoms with Crippen molar-refractivity contribution in [3.63, 3.8) is 0 Å². The number of methoxy groups -OCH3 is 2. The van der Waals surface area contributed by atoms with Gasteiger partial charge in [0.05, 0.1) is 31.7 Å². The van der Waals surface area contributed by atoms with Gasteiger partial charge in [0.25, 0.3) is 5.91 Å². The van der Waals surface area contributed by atoms with Gasteiger partial charge in [0.15, 0.2) is 11.5 Å². The second-order valence-corrected chi connectivity index (χ2v) is 10.5. The zero-order chi connectivity index (χ0) is 28.6. The first-order valence-corrected chi connectivity index (χ1v) is 14.0. The number of amides is 3. The predicted octanol–water partition coefficient (Wildman–Crippen LogP) is 4.18. The number of rotatable bonds is 11. The molecule has 1 saturated heterocycles. The summed E-state index contributed by atoms with van der Waals surface area (Å²) in [6, 6.07) is 13.1. The van der Waals surface area contributed by atoms with E-state index in [4.69, 9.17) is 14.2 Å². The van der Waals surface area contributed by atoms with Crippen molar-refractivity contribution in [2.24, 2.45) is 0 Å². The van der Waals surface area contributed by atoms with Crippen molar-refractivity contribution in [1.82, 2.24) is 10.6 Å². The minimum atomic E-state index is -1.06. The molecular formula is C30H35N3O6S. The van der Waals surface area contributed by atoms with Crippen molar-refractivity contribution >= 4 is 34.7 Å². The van der Waals surface area contributed by atoms with E-state index in [9.17, 15) is 14.4 Å². The number of aryl methyl sites for hydroxylation is 2. The van der Waals surface area contributed by atoms with Crippen LogP contribution in [0.5, 0.6) is 11.5 Å². The van der Waals surface area contributed by atoms with Crippen molar-refractivity contribution < 1.29 is 28.6 Å². The van der Waals surface area contributed by atoms with Gasteiger partial charge < -0.3 is 24.8 Å². The molecule has 3 aromatic rings. The highest BCUT2D eigenvalue weighted by Gasteiger charge is 2.34. The highest BCUT2D eigenvalue weighted by Crippen LogP contribution is 2.35. The Bertz CT molecular complexity index is 1340. The number of anilines is 1. The van der Waals surface area contributed by atoms with Crippen LogP contribution < -0.4 is 25.0 Å². The lowest BCUT2D eigenvalue weighted by atomic mass is 10.0. The number of nitrogens with one attached hydrogen (secondary N) is 2. The third kappa shape index (κ3) is 6.81. The van der Waals surface area contributed by atoms with E-state index in [-0.39, 0.29) is 24.5 Å². The number of carbonyl (C=O) groups excluding carboxylic acids is 3. The molecule has 2 aromatic carbocycles. The number of hydrogen-bond acceptors (Lipinski definition) is 7. The maximum absolute atomic E-state index is 13.9. The maximum Gasteiger partial charge on any atom is 0.261 e. The summed E-state index contributed by atoms with van der Waals surface area (Å²) in [5.74, 6) is -0.250. The second-order valence-electron chi connectivity index (χ2n) is 9.59. The van der Waals surface area contributed by atoms with Crippen molar-refractivity contribution in [2.45, 2.75) is 38.8 Å². The zero-order valence-corrected chi connectivity index (χ0v) is 24.0. The van der Waals surface area contributed by atoms with Crippen molar-refractivity contribution in [3.05, 3.63) is 75.5 Å². The molecule has 1 fully saturated rings. The number of carbonyl (C=O) groups is 3. The molecule has 40 heavy (non-hydrogen) atoms. The van der Waals surface area contributed by atoms with Gasteiger partial charge in [0.1, 0.15) is 6.04 Å². The number of thiophene rings is 1. The lowest BCUT2D eigenvalue weighted by molar-refractivity contribution is -0.126. The molecule has 10 heteroatoms. The number of benzene rings is 2. The first kappa shape index (κ1) is 29.1. The molecule has 2 atom stereocenters. The molecule has 9 nitrogen and oxygen atoms in total. The fourth-order valence-corrected chi connectivity index (χ4v) is 5.25. The lowest BCUT2D eigenvalue weighted by Crippen LogP contribution is -2.48. The Labute approximate surface area is 238 Å². The Morgan fingerprint density at radius 3 is 2.48 bits per heavy atom. The monoisotopic (exact) mass is 565 g/mol. The number of nitrogens with zero attached hydrogens (tertiary/aromatic N) is 1. The number of hydrogen-bond donors (Lipinski definition) is 2. The Kier molecular flexibility index (Phi) is 9.79. The van der Waals surface area contributed by atoms with Gasteiger partial charge in [-0.05, 0) is 79.1 Å². The molecule has 0 unspecified atom stereocenters. The van der Waals surface area contributed by atoms with E-state index in [0.717, 1.165) is 24.0 Å². The smallest absolute Gasteiger partial charge is 0.261 e. The van der Waals surface area contributed by atoms with Gasteiger partial charge in [-0.25, -0.2) is 0 Å². The van der Waals surface area contributed by atoms with Gasteiger partial charge in [-0.3, -0.25) is 19.3 Å². The van der Waals surface area contributed by atoms with Gasteiger partial charge in [0.2, 0.25) is 11.8 Å². The molecule has 1 aliphatic heterocycles. The van der Waals surface area contributed by atoms with Crippen LogP contribution in [0.3, 0.4) is 0 Å².